The van der Waals surface area contributed by atoms with E-state index >= 15 is 0 Å². The van der Waals surface area contributed by atoms with Crippen molar-refractivity contribution >= 4 is 37.5 Å². The Kier molecular flexibility index (Phi) is 6.25. The fourth-order valence-corrected chi connectivity index (χ4v) is 5.47. The van der Waals surface area contributed by atoms with E-state index in [9.17, 15) is 18.0 Å². The summed E-state index contributed by atoms with van der Waals surface area (Å²) in [5, 5.41) is 2.14. The number of sulfonamides is 1. The van der Waals surface area contributed by atoms with Gasteiger partial charge in [-0.3, -0.25) is 15.0 Å². The molecule has 0 unspecified atom stereocenters. The fraction of sp³-hybridized carbons (Fsp3) is 0.316. The number of aryl methyl sites for hydroxylation is 1. The van der Waals surface area contributed by atoms with Crippen LogP contribution in [-0.4, -0.2) is 48.5 Å². The molecule has 0 bridgehead atoms. The van der Waals surface area contributed by atoms with Gasteiger partial charge in [-0.15, -0.1) is 11.3 Å². The monoisotopic (exact) mass is 450 g/mol. The molecule has 3 aromatic rings. The lowest BCUT2D eigenvalue weighted by molar-refractivity contribution is 0.101. The Balaban J connectivity index is 2.03. The van der Waals surface area contributed by atoms with Gasteiger partial charge >= 0.3 is 0 Å². The average molecular weight is 451 g/mol. The zero-order valence-electron chi connectivity index (χ0n) is 17.0. The van der Waals surface area contributed by atoms with Crippen molar-refractivity contribution in [3.63, 3.8) is 0 Å². The van der Waals surface area contributed by atoms with Gasteiger partial charge in [0.15, 0.2) is 0 Å². The van der Waals surface area contributed by atoms with Crippen LogP contribution in [0.4, 0.5) is 0 Å². The summed E-state index contributed by atoms with van der Waals surface area (Å²) in [5.74, 6) is -0.198. The van der Waals surface area contributed by atoms with Crippen molar-refractivity contribution in [2.75, 3.05) is 25.6 Å². The van der Waals surface area contributed by atoms with E-state index in [1.165, 1.54) is 41.0 Å². The Morgan fingerprint density at radius 3 is 2.60 bits per heavy atom. The number of benzene rings is 1. The molecule has 160 valence electrons. The molecule has 0 aliphatic rings. The maximum Gasteiger partial charge on any atom is 0.281 e. The molecule has 30 heavy (non-hydrogen) atoms. The number of hydrogen-bond donors (Lipinski definition) is 1. The number of methoxy groups -OCH3 is 1. The van der Waals surface area contributed by atoms with E-state index in [2.05, 4.69) is 10.4 Å². The highest BCUT2D eigenvalue weighted by Crippen LogP contribution is 2.28. The maximum absolute atomic E-state index is 13.0. The van der Waals surface area contributed by atoms with E-state index in [4.69, 9.17) is 4.74 Å². The number of nitrogens with zero attached hydrogens (tertiary/aromatic N) is 3. The molecule has 0 saturated heterocycles. The van der Waals surface area contributed by atoms with Gasteiger partial charge in [-0.2, -0.15) is 4.31 Å². The number of hydrogen-bond acceptors (Lipinski definition) is 7. The molecule has 0 atom stereocenters. The summed E-state index contributed by atoms with van der Waals surface area (Å²) in [5.41, 5.74) is 2.17. The number of rotatable bonds is 7. The molecule has 0 aliphatic heterocycles. The molecule has 3 rings (SSSR count). The molecule has 0 fully saturated rings. The largest absolute Gasteiger partial charge is 0.495 e. The van der Waals surface area contributed by atoms with Crippen molar-refractivity contribution < 1.29 is 17.9 Å². The number of amides is 1. The van der Waals surface area contributed by atoms with Crippen LogP contribution in [0, 0.1) is 6.92 Å². The van der Waals surface area contributed by atoms with Gasteiger partial charge in [0.25, 0.3) is 11.5 Å². The molecule has 9 nitrogen and oxygen atoms in total. The van der Waals surface area contributed by atoms with Gasteiger partial charge in [-0.1, -0.05) is 13.8 Å². The van der Waals surface area contributed by atoms with Crippen molar-refractivity contribution in [2.24, 2.45) is 0 Å². The molecule has 11 heteroatoms. The molecule has 2 heterocycles. The lowest BCUT2D eigenvalue weighted by atomic mass is 10.2. The van der Waals surface area contributed by atoms with Crippen LogP contribution in [0.25, 0.3) is 10.2 Å². The number of fused-ring (bicyclic) bond motifs is 1. The third kappa shape index (κ3) is 3.83. The second-order valence-electron chi connectivity index (χ2n) is 6.33. The highest BCUT2D eigenvalue weighted by atomic mass is 32.2. The van der Waals surface area contributed by atoms with Gasteiger partial charge in [-0.05, 0) is 36.6 Å². The quantitative estimate of drug-likeness (QED) is 0.591. The first-order valence-corrected chi connectivity index (χ1v) is 11.5. The Morgan fingerprint density at radius 2 is 1.97 bits per heavy atom. The van der Waals surface area contributed by atoms with Gasteiger partial charge in [0.05, 0.1) is 12.5 Å². The minimum absolute atomic E-state index is 0.0678. The normalized spacial score (nSPS) is 11.8. The van der Waals surface area contributed by atoms with Gasteiger partial charge in [0.1, 0.15) is 21.3 Å². The average Bonchev–Trinajstić information content (AvgIpc) is 3.19. The van der Waals surface area contributed by atoms with Gasteiger partial charge < -0.3 is 4.74 Å². The van der Waals surface area contributed by atoms with Crippen LogP contribution < -0.4 is 15.7 Å². The highest BCUT2D eigenvalue weighted by molar-refractivity contribution is 7.89. The number of ether oxygens (including phenoxy) is 1. The predicted octanol–water partition coefficient (Wildman–Crippen LogP) is 2.19. The number of carbonyl (C=O) groups is 1. The van der Waals surface area contributed by atoms with Crippen LogP contribution >= 0.6 is 11.3 Å². The van der Waals surface area contributed by atoms with Crippen LogP contribution in [0.3, 0.4) is 0 Å². The van der Waals surface area contributed by atoms with Crippen LogP contribution in [0.2, 0.25) is 0 Å². The molecule has 1 amide bonds. The van der Waals surface area contributed by atoms with Gasteiger partial charge in [0.2, 0.25) is 10.0 Å². The molecule has 1 N–H and O–H groups in total. The van der Waals surface area contributed by atoms with Gasteiger partial charge in [-0.25, -0.2) is 18.1 Å². The number of carbonyl (C=O) groups excluding carboxylic acids is 1. The molecule has 0 aliphatic carbocycles. The zero-order chi connectivity index (χ0) is 22.1. The fourth-order valence-electron chi connectivity index (χ4n) is 3.03. The smallest absolute Gasteiger partial charge is 0.281 e. The summed E-state index contributed by atoms with van der Waals surface area (Å²) in [4.78, 5) is 30.3. The second-order valence-corrected chi connectivity index (χ2v) is 9.14. The van der Waals surface area contributed by atoms with Crippen molar-refractivity contribution in [2.45, 2.75) is 25.7 Å². The van der Waals surface area contributed by atoms with E-state index in [0.717, 1.165) is 4.68 Å². The maximum atomic E-state index is 13.0. The molecule has 0 spiro atoms. The Bertz CT molecular complexity index is 1260. The topological polar surface area (TPSA) is 111 Å². The van der Waals surface area contributed by atoms with E-state index in [-0.39, 0.29) is 29.3 Å². The Labute approximate surface area is 177 Å². The summed E-state index contributed by atoms with van der Waals surface area (Å²) < 4.78 is 33.5. The van der Waals surface area contributed by atoms with Crippen LogP contribution in [0.5, 0.6) is 5.75 Å². The summed E-state index contributed by atoms with van der Waals surface area (Å²) in [6.07, 6.45) is 0. The van der Waals surface area contributed by atoms with Crippen molar-refractivity contribution in [3.05, 3.63) is 51.4 Å². The first-order chi connectivity index (χ1) is 14.2. The summed E-state index contributed by atoms with van der Waals surface area (Å²) >= 11 is 1.33. The first-order valence-electron chi connectivity index (χ1n) is 9.21. The molecule has 0 saturated carbocycles. The minimum atomic E-state index is -3.86. The third-order valence-corrected chi connectivity index (χ3v) is 7.51. The highest BCUT2D eigenvalue weighted by Gasteiger charge is 2.27. The van der Waals surface area contributed by atoms with Crippen LogP contribution in [-0.2, 0) is 10.0 Å². The molecular weight excluding hydrogens is 428 g/mol. The van der Waals surface area contributed by atoms with E-state index in [1.807, 2.05) is 0 Å². The lowest BCUT2D eigenvalue weighted by Gasteiger charge is -2.20. The van der Waals surface area contributed by atoms with Crippen LogP contribution in [0.1, 0.15) is 30.0 Å². The Hall–Kier alpha value is -2.76. The number of aromatic nitrogens is 2. The van der Waals surface area contributed by atoms with Gasteiger partial charge in [0, 0.05) is 18.7 Å². The summed E-state index contributed by atoms with van der Waals surface area (Å²) in [7, 11) is -2.50. The minimum Gasteiger partial charge on any atom is -0.495 e. The van der Waals surface area contributed by atoms with Crippen molar-refractivity contribution in [1.29, 1.82) is 0 Å². The Morgan fingerprint density at radius 1 is 1.27 bits per heavy atom. The van der Waals surface area contributed by atoms with Crippen molar-refractivity contribution in [1.82, 2.24) is 14.0 Å². The second kappa shape index (κ2) is 8.54. The SMILES string of the molecule is CCN(CC)S(=O)(=O)c1cc(C(=O)Nn2c(C)nc3sccc3c2=O)ccc1OC. The lowest BCUT2D eigenvalue weighted by Crippen LogP contribution is -2.35. The molecule has 1 aromatic carbocycles. The zero-order valence-corrected chi connectivity index (χ0v) is 18.6. The molecular formula is C19H22N4O5S2. The molecule has 0 radical (unpaired) electrons. The standard InChI is InChI=1S/C19H22N4O5S2/c1-5-22(6-2)30(26,27)16-11-13(7-8-15(16)28-4)17(24)21-23-12(3)20-18-14(19(23)25)9-10-29-18/h7-11H,5-6H2,1-4H3,(H,21,24). The summed E-state index contributed by atoms with van der Waals surface area (Å²) in [6, 6.07) is 5.74. The first kappa shape index (κ1) is 21.9. The van der Waals surface area contributed by atoms with E-state index in [0.29, 0.717) is 16.0 Å². The third-order valence-electron chi connectivity index (χ3n) is 4.63. The number of nitrogens with one attached hydrogen (secondary N) is 1. The van der Waals surface area contributed by atoms with E-state index in [1.54, 1.807) is 32.2 Å². The predicted molar refractivity (Wildman–Crippen MR) is 115 cm³/mol. The molecule has 2 aromatic heterocycles. The van der Waals surface area contributed by atoms with Crippen LogP contribution in [0.15, 0.2) is 39.3 Å². The summed E-state index contributed by atoms with van der Waals surface area (Å²) in [6.45, 7) is 5.61. The number of thiophene rings is 1. The van der Waals surface area contributed by atoms with E-state index < -0.39 is 21.5 Å². The van der Waals surface area contributed by atoms with Crippen molar-refractivity contribution in [3.8, 4) is 5.75 Å².